The van der Waals surface area contributed by atoms with E-state index in [0.717, 1.165) is 16.7 Å². The number of benzene rings is 1. The smallest absolute Gasteiger partial charge is 0.116 e. The summed E-state index contributed by atoms with van der Waals surface area (Å²) in [6.07, 6.45) is -0.586. The topological polar surface area (TPSA) is 66.5 Å². The highest BCUT2D eigenvalue weighted by atomic mass is 16.3. The van der Waals surface area contributed by atoms with Gasteiger partial charge in [-0.15, -0.1) is 0 Å². The van der Waals surface area contributed by atoms with Crippen molar-refractivity contribution in [3.05, 3.63) is 28.8 Å². The molecule has 3 heteroatoms. The molecule has 0 bridgehead atoms. The second-order valence-electron chi connectivity index (χ2n) is 3.76. The average Bonchev–Trinajstić information content (AvgIpc) is 2.01. The highest BCUT2D eigenvalue weighted by Gasteiger charge is 2.17. The molecule has 4 N–H and O–H groups in total. The number of aromatic hydroxyl groups is 1. The van der Waals surface area contributed by atoms with Crippen molar-refractivity contribution in [1.82, 2.24) is 0 Å². The summed E-state index contributed by atoms with van der Waals surface area (Å²) < 4.78 is 0. The highest BCUT2D eigenvalue weighted by molar-refractivity contribution is 5.42. The summed E-state index contributed by atoms with van der Waals surface area (Å²) in [6.45, 7) is 5.42. The number of nitrogens with two attached hydrogens (primary N) is 1. The molecule has 0 aromatic heterocycles. The van der Waals surface area contributed by atoms with Gasteiger partial charge in [-0.3, -0.25) is 0 Å². The molecular formula is C11H17NO2. The van der Waals surface area contributed by atoms with Crippen molar-refractivity contribution < 1.29 is 10.2 Å². The molecule has 0 aliphatic heterocycles. The molecular weight excluding hydrogens is 178 g/mol. The van der Waals surface area contributed by atoms with Gasteiger partial charge in [0.1, 0.15) is 5.75 Å². The minimum atomic E-state index is -0.586. The number of hydrogen-bond acceptors (Lipinski definition) is 3. The van der Waals surface area contributed by atoms with E-state index in [1.807, 2.05) is 13.8 Å². The monoisotopic (exact) mass is 195 g/mol. The average molecular weight is 195 g/mol. The van der Waals surface area contributed by atoms with Gasteiger partial charge in [-0.1, -0.05) is 0 Å². The van der Waals surface area contributed by atoms with Gasteiger partial charge in [0, 0.05) is 0 Å². The maximum Gasteiger partial charge on any atom is 0.116 e. The zero-order valence-electron chi connectivity index (χ0n) is 8.78. The van der Waals surface area contributed by atoms with E-state index in [9.17, 15) is 10.2 Å². The third kappa shape index (κ3) is 2.05. The van der Waals surface area contributed by atoms with Crippen LogP contribution in [0.25, 0.3) is 0 Å². The number of aliphatic hydroxyl groups is 1. The van der Waals surface area contributed by atoms with Gasteiger partial charge in [-0.25, -0.2) is 0 Å². The predicted molar refractivity (Wildman–Crippen MR) is 56.2 cm³/mol. The van der Waals surface area contributed by atoms with Gasteiger partial charge < -0.3 is 15.9 Å². The lowest BCUT2D eigenvalue weighted by atomic mass is 9.93. The molecule has 0 aliphatic rings. The Kier molecular flexibility index (Phi) is 3.13. The Bertz CT molecular complexity index is 311. The number of aryl methyl sites for hydroxylation is 2. The van der Waals surface area contributed by atoms with Crippen molar-refractivity contribution >= 4 is 0 Å². The molecule has 3 nitrogen and oxygen atoms in total. The molecule has 1 rings (SSSR count). The van der Waals surface area contributed by atoms with Crippen LogP contribution in [0.15, 0.2) is 12.1 Å². The molecule has 0 spiro atoms. The molecule has 14 heavy (non-hydrogen) atoms. The van der Waals surface area contributed by atoms with Crippen molar-refractivity contribution in [2.24, 2.45) is 5.73 Å². The molecule has 0 unspecified atom stereocenters. The van der Waals surface area contributed by atoms with Crippen molar-refractivity contribution in [1.29, 1.82) is 0 Å². The van der Waals surface area contributed by atoms with Crippen LogP contribution >= 0.6 is 0 Å². The summed E-state index contributed by atoms with van der Waals surface area (Å²) in [5.74, 6) is 0.238. The van der Waals surface area contributed by atoms with E-state index in [-0.39, 0.29) is 5.75 Å². The van der Waals surface area contributed by atoms with Gasteiger partial charge in [0.2, 0.25) is 0 Å². The largest absolute Gasteiger partial charge is 0.508 e. The fourth-order valence-corrected chi connectivity index (χ4v) is 1.72. The van der Waals surface area contributed by atoms with Gasteiger partial charge in [0.15, 0.2) is 0 Å². The first-order valence-electron chi connectivity index (χ1n) is 4.67. The van der Waals surface area contributed by atoms with Gasteiger partial charge in [-0.2, -0.15) is 0 Å². The number of hydrogen-bond donors (Lipinski definition) is 3. The molecule has 1 aromatic rings. The van der Waals surface area contributed by atoms with E-state index in [1.165, 1.54) is 0 Å². The Morgan fingerprint density at radius 1 is 1.21 bits per heavy atom. The molecule has 0 amide bonds. The van der Waals surface area contributed by atoms with Gasteiger partial charge in [0.25, 0.3) is 0 Å². The lowest BCUT2D eigenvalue weighted by Gasteiger charge is -2.20. The summed E-state index contributed by atoms with van der Waals surface area (Å²) in [5, 5.41) is 18.7. The van der Waals surface area contributed by atoms with Crippen LogP contribution in [-0.2, 0) is 0 Å². The van der Waals surface area contributed by atoms with Crippen LogP contribution in [0.4, 0.5) is 0 Å². The minimum Gasteiger partial charge on any atom is -0.508 e. The van der Waals surface area contributed by atoms with Crippen LogP contribution in [0.2, 0.25) is 0 Å². The third-order valence-corrected chi connectivity index (χ3v) is 2.43. The van der Waals surface area contributed by atoms with Crippen LogP contribution in [0, 0.1) is 13.8 Å². The highest BCUT2D eigenvalue weighted by Crippen LogP contribution is 2.26. The van der Waals surface area contributed by atoms with Crippen molar-refractivity contribution in [3.63, 3.8) is 0 Å². The fraction of sp³-hybridized carbons (Fsp3) is 0.455. The molecule has 0 heterocycles. The van der Waals surface area contributed by atoms with Gasteiger partial charge in [0.05, 0.1) is 12.1 Å². The van der Waals surface area contributed by atoms with Crippen LogP contribution < -0.4 is 5.73 Å². The summed E-state index contributed by atoms with van der Waals surface area (Å²) in [5.41, 5.74) is 8.60. The Hall–Kier alpha value is -1.06. The van der Waals surface area contributed by atoms with E-state index < -0.39 is 12.1 Å². The first kappa shape index (κ1) is 11.0. The van der Waals surface area contributed by atoms with Crippen molar-refractivity contribution in [3.8, 4) is 5.75 Å². The third-order valence-electron chi connectivity index (χ3n) is 2.43. The first-order valence-corrected chi connectivity index (χ1v) is 4.67. The van der Waals surface area contributed by atoms with Crippen molar-refractivity contribution in [2.45, 2.75) is 32.9 Å². The molecule has 0 aliphatic carbocycles. The van der Waals surface area contributed by atoms with Crippen molar-refractivity contribution in [2.75, 3.05) is 0 Å². The zero-order valence-corrected chi connectivity index (χ0v) is 8.78. The van der Waals surface area contributed by atoms with Crippen LogP contribution in [-0.4, -0.2) is 16.3 Å². The molecule has 0 radical (unpaired) electrons. The molecule has 0 fully saturated rings. The lowest BCUT2D eigenvalue weighted by Crippen LogP contribution is -2.24. The minimum absolute atomic E-state index is 0.238. The standard InChI is InChI=1S/C11H17NO2/c1-6-4-9(14)5-7(2)10(6)11(12)8(3)13/h4-5,8,11,13-14H,12H2,1-3H3/t8-,11-/m0/s1. The Morgan fingerprint density at radius 3 is 2.00 bits per heavy atom. The zero-order chi connectivity index (χ0) is 10.9. The second-order valence-corrected chi connectivity index (χ2v) is 3.76. The second kappa shape index (κ2) is 3.98. The number of phenols is 1. The van der Waals surface area contributed by atoms with E-state index in [1.54, 1.807) is 19.1 Å². The summed E-state index contributed by atoms with van der Waals surface area (Å²) in [6, 6.07) is 2.92. The van der Waals surface area contributed by atoms with Crippen LogP contribution in [0.5, 0.6) is 5.75 Å². The molecule has 0 saturated heterocycles. The van der Waals surface area contributed by atoms with Gasteiger partial charge in [-0.05, 0) is 49.6 Å². The molecule has 1 aromatic carbocycles. The van der Waals surface area contributed by atoms with E-state index in [2.05, 4.69) is 0 Å². The lowest BCUT2D eigenvalue weighted by molar-refractivity contribution is 0.163. The molecule has 2 atom stereocenters. The maximum atomic E-state index is 9.41. The fourth-order valence-electron chi connectivity index (χ4n) is 1.72. The number of aliphatic hydroxyl groups excluding tert-OH is 1. The number of phenolic OH excluding ortho intramolecular Hbond substituents is 1. The Balaban J connectivity index is 3.20. The van der Waals surface area contributed by atoms with Gasteiger partial charge >= 0.3 is 0 Å². The summed E-state index contributed by atoms with van der Waals surface area (Å²) >= 11 is 0. The van der Waals surface area contributed by atoms with E-state index >= 15 is 0 Å². The SMILES string of the molecule is Cc1cc(O)cc(C)c1[C@@H](N)[C@H](C)O. The van der Waals surface area contributed by atoms with Crippen LogP contribution in [0.3, 0.4) is 0 Å². The Labute approximate surface area is 84.2 Å². The van der Waals surface area contributed by atoms with Crippen LogP contribution in [0.1, 0.15) is 29.7 Å². The quantitative estimate of drug-likeness (QED) is 0.668. The molecule has 78 valence electrons. The first-order chi connectivity index (χ1) is 6.43. The normalized spacial score (nSPS) is 15.2. The Morgan fingerprint density at radius 2 is 1.64 bits per heavy atom. The van der Waals surface area contributed by atoms with E-state index in [4.69, 9.17) is 5.73 Å². The maximum absolute atomic E-state index is 9.41. The van der Waals surface area contributed by atoms with E-state index in [0.29, 0.717) is 0 Å². The predicted octanol–water partition coefficient (Wildman–Crippen LogP) is 1.39. The molecule has 0 saturated carbocycles. The summed E-state index contributed by atoms with van der Waals surface area (Å²) in [7, 11) is 0. The summed E-state index contributed by atoms with van der Waals surface area (Å²) in [4.78, 5) is 0. The number of rotatable bonds is 2.